The number of rotatable bonds is 4. The number of hydrogen-bond acceptors (Lipinski definition) is 9. The monoisotopic (exact) mass is 534 g/mol. The Kier molecular flexibility index (Phi) is 6.08. The maximum absolute atomic E-state index is 13.7. The molecule has 3 aliphatic carbocycles. The fourth-order valence-electron chi connectivity index (χ4n) is 6.05. The predicted octanol–water partition coefficient (Wildman–Crippen LogP) is 1.04. The van der Waals surface area contributed by atoms with E-state index in [9.17, 15) is 44.7 Å². The molecule has 0 saturated carbocycles. The number of primary amides is 1. The fourth-order valence-corrected chi connectivity index (χ4v) is 6.05. The third kappa shape index (κ3) is 3.65. The van der Waals surface area contributed by atoms with Gasteiger partial charge in [-0.3, -0.25) is 19.2 Å². The molecule has 5 atom stereocenters. The molecule has 0 saturated heterocycles. The predicted molar refractivity (Wildman–Crippen MR) is 135 cm³/mol. The summed E-state index contributed by atoms with van der Waals surface area (Å²) in [4.78, 5) is 51.1. The van der Waals surface area contributed by atoms with Crippen molar-refractivity contribution in [3.63, 3.8) is 0 Å². The Morgan fingerprint density at radius 2 is 1.74 bits per heavy atom. The minimum atomic E-state index is -2.90. The third-order valence-electron chi connectivity index (χ3n) is 8.06. The fraction of sp³-hybridized carbons (Fsp3) is 0.286. The van der Waals surface area contributed by atoms with Crippen molar-refractivity contribution >= 4 is 23.4 Å². The van der Waals surface area contributed by atoms with E-state index in [1.165, 1.54) is 6.07 Å². The van der Waals surface area contributed by atoms with E-state index in [2.05, 4.69) is 5.32 Å². The summed E-state index contributed by atoms with van der Waals surface area (Å²) in [5, 5.41) is 57.8. The number of fused-ring (bicyclic) bond motifs is 3. The quantitative estimate of drug-likeness (QED) is 0.279. The lowest BCUT2D eigenvalue weighted by Crippen LogP contribution is -2.62. The van der Waals surface area contributed by atoms with Crippen LogP contribution in [0.4, 0.5) is 0 Å². The highest BCUT2D eigenvalue weighted by molar-refractivity contribution is 6.24. The summed E-state index contributed by atoms with van der Waals surface area (Å²) in [6.45, 7) is 1.50. The van der Waals surface area contributed by atoms with Crippen molar-refractivity contribution in [2.45, 2.75) is 37.5 Å². The molecule has 0 spiro atoms. The number of benzene rings is 2. The van der Waals surface area contributed by atoms with Crippen molar-refractivity contribution in [2.24, 2.45) is 17.6 Å². The van der Waals surface area contributed by atoms with E-state index in [4.69, 9.17) is 5.73 Å². The number of amides is 2. The normalized spacial score (nSPS) is 28.0. The lowest BCUT2D eigenvalue weighted by Gasteiger charge is -2.50. The zero-order valence-corrected chi connectivity index (χ0v) is 20.7. The number of Topliss-reactive ketones (excluding diaryl/α,β-unsaturated/α-hetero) is 2. The van der Waals surface area contributed by atoms with Gasteiger partial charge >= 0.3 is 0 Å². The molecule has 11 nitrogen and oxygen atoms in total. The van der Waals surface area contributed by atoms with E-state index in [1.54, 1.807) is 43.3 Å². The zero-order valence-electron chi connectivity index (χ0n) is 20.7. The standard InChI is InChI=1S/C28H26N2O9/c1-11-14-8-7-13(10-30-27(38)12-5-3-2-4-6-12)21(32)18(14)23(34)20-17(11)22(33)15-9-16(31)19(26(29)37)24(35)28(15,39)25(20)36/h2-8,11,15,17,22,31-33,36,39H,9-10H2,1H3,(H2,29,37)(H,30,38)/t11-,15+,17+,22+,28+/m0/s1. The van der Waals surface area contributed by atoms with Gasteiger partial charge in [-0.15, -0.1) is 0 Å². The third-order valence-corrected chi connectivity index (χ3v) is 8.06. The molecule has 2 aromatic rings. The average molecular weight is 535 g/mol. The Bertz CT molecular complexity index is 1510. The summed E-state index contributed by atoms with van der Waals surface area (Å²) in [5.41, 5.74) is 1.61. The summed E-state index contributed by atoms with van der Waals surface area (Å²) in [6, 6.07) is 11.5. The van der Waals surface area contributed by atoms with Crippen LogP contribution in [0.2, 0.25) is 0 Å². The number of hydrogen-bond donors (Lipinski definition) is 7. The van der Waals surface area contributed by atoms with E-state index >= 15 is 0 Å². The highest BCUT2D eigenvalue weighted by Gasteiger charge is 2.64. The first kappa shape index (κ1) is 26.1. The Hall–Kier alpha value is -4.48. The van der Waals surface area contributed by atoms with Crippen LogP contribution >= 0.6 is 0 Å². The first-order valence-electron chi connectivity index (χ1n) is 12.2. The highest BCUT2D eigenvalue weighted by Crippen LogP contribution is 2.55. The van der Waals surface area contributed by atoms with E-state index in [1.807, 2.05) is 0 Å². The molecule has 0 heterocycles. The number of nitrogens with two attached hydrogens (primary N) is 1. The molecule has 0 fully saturated rings. The molecular formula is C28H26N2O9. The number of carbonyl (C=O) groups excluding carboxylic acids is 4. The molecule has 2 amide bonds. The molecule has 0 aliphatic heterocycles. The van der Waals surface area contributed by atoms with Crippen LogP contribution in [-0.4, -0.2) is 60.6 Å². The molecule has 2 aromatic carbocycles. The second kappa shape index (κ2) is 9.07. The molecule has 0 unspecified atom stereocenters. The van der Waals surface area contributed by atoms with Gasteiger partial charge in [-0.25, -0.2) is 0 Å². The molecule has 0 radical (unpaired) electrons. The van der Waals surface area contributed by atoms with E-state index in [0.29, 0.717) is 11.1 Å². The lowest BCUT2D eigenvalue weighted by molar-refractivity contribution is -0.154. The minimum Gasteiger partial charge on any atom is -0.511 e. The number of nitrogens with one attached hydrogen (secondary N) is 1. The number of phenolic OH excluding ortho intramolecular Hbond substituents is 1. The summed E-state index contributed by atoms with van der Waals surface area (Å²) in [7, 11) is 0. The van der Waals surface area contributed by atoms with Crippen LogP contribution in [0.1, 0.15) is 51.1 Å². The van der Waals surface area contributed by atoms with Crippen LogP contribution in [0, 0.1) is 11.8 Å². The maximum atomic E-state index is 13.7. The van der Waals surface area contributed by atoms with Gasteiger partial charge in [-0.2, -0.15) is 0 Å². The number of aliphatic hydroxyl groups is 4. The Balaban J connectivity index is 1.57. The lowest BCUT2D eigenvalue weighted by atomic mass is 9.56. The molecule has 5 rings (SSSR count). The van der Waals surface area contributed by atoms with Crippen LogP contribution in [-0.2, 0) is 16.1 Å². The molecular weight excluding hydrogens is 508 g/mol. The van der Waals surface area contributed by atoms with E-state index in [-0.39, 0.29) is 17.7 Å². The number of phenols is 1. The van der Waals surface area contributed by atoms with Crippen LogP contribution < -0.4 is 11.1 Å². The molecule has 0 bridgehead atoms. The van der Waals surface area contributed by atoms with E-state index < -0.39 is 87.7 Å². The largest absolute Gasteiger partial charge is 0.511 e. The molecule has 202 valence electrons. The van der Waals surface area contributed by atoms with Gasteiger partial charge in [0, 0.05) is 41.5 Å². The SMILES string of the molecule is C[C@H]1c2ccc(CNC(=O)c3ccccc3)c(O)c2C(=O)C2=C(O)[C@]3(O)C(=O)C(C(N)=O)=C(O)C[C@@H]3[C@@H](O)[C@@H]21. The summed E-state index contributed by atoms with van der Waals surface area (Å²) < 4.78 is 0. The number of allylic oxidation sites excluding steroid dienone is 1. The smallest absolute Gasteiger partial charge is 0.255 e. The second-order valence-corrected chi connectivity index (χ2v) is 10.1. The van der Waals surface area contributed by atoms with Crippen molar-refractivity contribution in [3.8, 4) is 5.75 Å². The van der Waals surface area contributed by atoms with Gasteiger partial charge in [0.25, 0.3) is 11.8 Å². The Morgan fingerprint density at radius 3 is 2.38 bits per heavy atom. The number of aliphatic hydroxyl groups excluding tert-OH is 3. The second-order valence-electron chi connectivity index (χ2n) is 10.1. The number of carbonyl (C=O) groups is 4. The minimum absolute atomic E-state index is 0.137. The van der Waals surface area contributed by atoms with Crippen molar-refractivity contribution in [1.82, 2.24) is 5.32 Å². The number of aromatic hydroxyl groups is 1. The van der Waals surface area contributed by atoms with Gasteiger partial charge in [-0.1, -0.05) is 37.3 Å². The molecule has 39 heavy (non-hydrogen) atoms. The zero-order chi connectivity index (χ0) is 28.4. The van der Waals surface area contributed by atoms with Crippen molar-refractivity contribution in [2.75, 3.05) is 0 Å². The van der Waals surface area contributed by atoms with Gasteiger partial charge in [-0.05, 0) is 23.6 Å². The van der Waals surface area contributed by atoms with Crippen LogP contribution in [0.15, 0.2) is 65.1 Å². The van der Waals surface area contributed by atoms with Crippen molar-refractivity contribution in [1.29, 1.82) is 0 Å². The Morgan fingerprint density at radius 1 is 1.08 bits per heavy atom. The highest BCUT2D eigenvalue weighted by atomic mass is 16.4. The van der Waals surface area contributed by atoms with Crippen LogP contribution in [0.3, 0.4) is 0 Å². The summed E-state index contributed by atoms with van der Waals surface area (Å²) >= 11 is 0. The van der Waals surface area contributed by atoms with Gasteiger partial charge < -0.3 is 36.6 Å². The van der Waals surface area contributed by atoms with E-state index in [0.717, 1.165) is 0 Å². The van der Waals surface area contributed by atoms with Gasteiger partial charge in [0.15, 0.2) is 11.4 Å². The summed E-state index contributed by atoms with van der Waals surface area (Å²) in [6.07, 6.45) is -2.14. The van der Waals surface area contributed by atoms with Crippen LogP contribution in [0.25, 0.3) is 0 Å². The topological polar surface area (TPSA) is 207 Å². The summed E-state index contributed by atoms with van der Waals surface area (Å²) in [5.74, 6) is -9.64. The average Bonchev–Trinajstić information content (AvgIpc) is 2.90. The molecule has 3 aliphatic rings. The number of ketones is 2. The molecule has 8 N–H and O–H groups in total. The maximum Gasteiger partial charge on any atom is 0.255 e. The molecule has 0 aromatic heterocycles. The van der Waals surface area contributed by atoms with Gasteiger partial charge in [0.05, 0.1) is 11.7 Å². The first-order chi connectivity index (χ1) is 18.4. The first-order valence-corrected chi connectivity index (χ1v) is 12.2. The van der Waals surface area contributed by atoms with Gasteiger partial charge in [0.1, 0.15) is 22.8 Å². The molecule has 11 heteroatoms. The Labute approximate surface area is 221 Å². The van der Waals surface area contributed by atoms with Gasteiger partial charge in [0.2, 0.25) is 5.78 Å². The van der Waals surface area contributed by atoms with Crippen molar-refractivity contribution < 1.29 is 44.7 Å². The van der Waals surface area contributed by atoms with Crippen molar-refractivity contribution in [3.05, 3.63) is 87.4 Å². The van der Waals surface area contributed by atoms with Crippen LogP contribution in [0.5, 0.6) is 5.75 Å².